The maximum Gasteiger partial charge on any atom is 0.122 e. The molecule has 0 saturated carbocycles. The van der Waals surface area contributed by atoms with Crippen LogP contribution in [-0.2, 0) is 6.42 Å². The zero-order valence-electron chi connectivity index (χ0n) is 11.1. The summed E-state index contributed by atoms with van der Waals surface area (Å²) in [5.74, 6) is 1.73. The second kappa shape index (κ2) is 6.41. The monoisotopic (exact) mass is 268 g/mol. The summed E-state index contributed by atoms with van der Waals surface area (Å²) in [7, 11) is 1.71. The van der Waals surface area contributed by atoms with Crippen molar-refractivity contribution in [3.05, 3.63) is 28.3 Å². The normalized spacial score (nSPS) is 15.5. The van der Waals surface area contributed by atoms with Gasteiger partial charge in [-0.05, 0) is 49.1 Å². The number of hydrogen-bond acceptors (Lipinski definition) is 3. The molecule has 3 nitrogen and oxygen atoms in total. The molecule has 0 radical (unpaired) electrons. The second-order valence-electron chi connectivity index (χ2n) is 4.89. The SMILES string of the molecule is COc1cc(C)c(Cl)cc1CCNCC1CNC1. The first-order valence-corrected chi connectivity index (χ1v) is 6.83. The molecule has 1 saturated heterocycles. The van der Waals surface area contributed by atoms with E-state index in [4.69, 9.17) is 16.3 Å². The van der Waals surface area contributed by atoms with Crippen molar-refractivity contribution in [1.29, 1.82) is 0 Å². The Hall–Kier alpha value is -0.770. The zero-order valence-corrected chi connectivity index (χ0v) is 11.8. The van der Waals surface area contributed by atoms with E-state index in [-0.39, 0.29) is 0 Å². The molecule has 0 aliphatic carbocycles. The van der Waals surface area contributed by atoms with Crippen molar-refractivity contribution in [2.75, 3.05) is 33.3 Å². The molecule has 2 rings (SSSR count). The molecular weight excluding hydrogens is 248 g/mol. The maximum atomic E-state index is 6.15. The first kappa shape index (κ1) is 13.7. The summed E-state index contributed by atoms with van der Waals surface area (Å²) in [6, 6.07) is 4.02. The number of halogens is 1. The molecule has 1 aliphatic heterocycles. The van der Waals surface area contributed by atoms with E-state index in [0.717, 1.165) is 54.9 Å². The molecular formula is C14H21ClN2O. The third kappa shape index (κ3) is 3.37. The number of nitrogens with one attached hydrogen (secondary N) is 2. The lowest BCUT2D eigenvalue weighted by molar-refractivity contribution is 0.332. The highest BCUT2D eigenvalue weighted by Gasteiger charge is 2.15. The Morgan fingerprint density at radius 3 is 2.83 bits per heavy atom. The summed E-state index contributed by atoms with van der Waals surface area (Å²) < 4.78 is 5.40. The molecule has 1 aliphatic rings. The van der Waals surface area contributed by atoms with E-state index in [1.807, 2.05) is 19.1 Å². The molecule has 0 aromatic heterocycles. The van der Waals surface area contributed by atoms with Gasteiger partial charge in [0.05, 0.1) is 7.11 Å². The minimum Gasteiger partial charge on any atom is -0.496 e. The lowest BCUT2D eigenvalue weighted by Gasteiger charge is -2.27. The van der Waals surface area contributed by atoms with Crippen LogP contribution in [0.25, 0.3) is 0 Å². The minimum atomic E-state index is 0.800. The van der Waals surface area contributed by atoms with E-state index >= 15 is 0 Å². The van der Waals surface area contributed by atoms with Crippen molar-refractivity contribution < 1.29 is 4.74 Å². The molecule has 1 aromatic carbocycles. The second-order valence-corrected chi connectivity index (χ2v) is 5.30. The van der Waals surface area contributed by atoms with Crippen LogP contribution in [0.2, 0.25) is 5.02 Å². The van der Waals surface area contributed by atoms with Crippen LogP contribution in [0.5, 0.6) is 5.75 Å². The fourth-order valence-electron chi connectivity index (χ4n) is 2.10. The van der Waals surface area contributed by atoms with Gasteiger partial charge in [-0.2, -0.15) is 0 Å². The smallest absolute Gasteiger partial charge is 0.122 e. The molecule has 0 spiro atoms. The Morgan fingerprint density at radius 1 is 1.44 bits per heavy atom. The first-order chi connectivity index (χ1) is 8.70. The molecule has 1 fully saturated rings. The topological polar surface area (TPSA) is 33.3 Å². The van der Waals surface area contributed by atoms with E-state index in [9.17, 15) is 0 Å². The van der Waals surface area contributed by atoms with Crippen LogP contribution in [0.4, 0.5) is 0 Å². The van der Waals surface area contributed by atoms with Crippen LogP contribution in [0.1, 0.15) is 11.1 Å². The van der Waals surface area contributed by atoms with Crippen molar-refractivity contribution in [3.63, 3.8) is 0 Å². The fourth-order valence-corrected chi connectivity index (χ4v) is 2.29. The zero-order chi connectivity index (χ0) is 13.0. The van der Waals surface area contributed by atoms with Gasteiger partial charge < -0.3 is 15.4 Å². The molecule has 0 unspecified atom stereocenters. The van der Waals surface area contributed by atoms with Gasteiger partial charge in [0.25, 0.3) is 0 Å². The van der Waals surface area contributed by atoms with E-state index < -0.39 is 0 Å². The number of rotatable bonds is 6. The third-order valence-corrected chi connectivity index (χ3v) is 3.84. The molecule has 4 heteroatoms. The van der Waals surface area contributed by atoms with Crippen LogP contribution in [0.15, 0.2) is 12.1 Å². The van der Waals surface area contributed by atoms with Gasteiger partial charge in [-0.25, -0.2) is 0 Å². The van der Waals surface area contributed by atoms with Crippen molar-refractivity contribution in [3.8, 4) is 5.75 Å². The largest absolute Gasteiger partial charge is 0.496 e. The van der Waals surface area contributed by atoms with E-state index in [1.165, 1.54) is 5.56 Å². The molecule has 1 heterocycles. The van der Waals surface area contributed by atoms with Gasteiger partial charge in [0.1, 0.15) is 5.75 Å². The van der Waals surface area contributed by atoms with Crippen molar-refractivity contribution in [2.24, 2.45) is 5.92 Å². The Morgan fingerprint density at radius 2 is 2.22 bits per heavy atom. The molecule has 2 N–H and O–H groups in total. The quantitative estimate of drug-likeness (QED) is 0.775. The van der Waals surface area contributed by atoms with E-state index in [0.29, 0.717) is 0 Å². The van der Waals surface area contributed by atoms with Gasteiger partial charge in [0.2, 0.25) is 0 Å². The Kier molecular flexibility index (Phi) is 4.87. The van der Waals surface area contributed by atoms with Crippen molar-refractivity contribution >= 4 is 11.6 Å². The average Bonchev–Trinajstić information content (AvgIpc) is 2.30. The van der Waals surface area contributed by atoms with Gasteiger partial charge in [-0.15, -0.1) is 0 Å². The molecule has 0 amide bonds. The summed E-state index contributed by atoms with van der Waals surface area (Å²) in [6.07, 6.45) is 0.948. The van der Waals surface area contributed by atoms with Crippen LogP contribution >= 0.6 is 11.6 Å². The Balaban J connectivity index is 1.85. The Labute approximate surface area is 114 Å². The number of hydrogen-bond donors (Lipinski definition) is 2. The standard InChI is InChI=1S/C14H21ClN2O/c1-10-5-14(18-2)12(6-13(10)15)3-4-16-7-11-8-17-9-11/h5-6,11,16-17H,3-4,7-9H2,1-2H3. The number of aryl methyl sites for hydroxylation is 1. The molecule has 18 heavy (non-hydrogen) atoms. The van der Waals surface area contributed by atoms with Crippen LogP contribution in [0, 0.1) is 12.8 Å². The molecule has 100 valence electrons. The highest BCUT2D eigenvalue weighted by atomic mass is 35.5. The highest BCUT2D eigenvalue weighted by molar-refractivity contribution is 6.31. The Bertz CT molecular complexity index is 405. The average molecular weight is 269 g/mol. The predicted molar refractivity (Wildman–Crippen MR) is 75.7 cm³/mol. The fraction of sp³-hybridized carbons (Fsp3) is 0.571. The van der Waals surface area contributed by atoms with Gasteiger partial charge in [0.15, 0.2) is 0 Å². The van der Waals surface area contributed by atoms with Crippen molar-refractivity contribution in [2.45, 2.75) is 13.3 Å². The predicted octanol–water partition coefficient (Wildman–Crippen LogP) is 2.01. The number of methoxy groups -OCH3 is 1. The summed E-state index contributed by atoms with van der Waals surface area (Å²) >= 11 is 6.15. The van der Waals surface area contributed by atoms with Gasteiger partial charge in [-0.3, -0.25) is 0 Å². The van der Waals surface area contributed by atoms with Crippen LogP contribution in [-0.4, -0.2) is 33.3 Å². The van der Waals surface area contributed by atoms with Crippen LogP contribution in [0.3, 0.4) is 0 Å². The first-order valence-electron chi connectivity index (χ1n) is 6.45. The molecule has 1 aromatic rings. The summed E-state index contributed by atoms with van der Waals surface area (Å²) in [6.45, 7) is 6.34. The summed E-state index contributed by atoms with van der Waals surface area (Å²) in [5.41, 5.74) is 2.23. The van der Waals surface area contributed by atoms with Crippen molar-refractivity contribution in [1.82, 2.24) is 10.6 Å². The lowest BCUT2D eigenvalue weighted by atomic mass is 10.0. The van der Waals surface area contributed by atoms with Crippen LogP contribution < -0.4 is 15.4 Å². The summed E-state index contributed by atoms with van der Waals surface area (Å²) in [4.78, 5) is 0. The third-order valence-electron chi connectivity index (χ3n) is 3.43. The maximum absolute atomic E-state index is 6.15. The van der Waals surface area contributed by atoms with E-state index in [2.05, 4.69) is 10.6 Å². The van der Waals surface area contributed by atoms with Gasteiger partial charge >= 0.3 is 0 Å². The minimum absolute atomic E-state index is 0.800. The lowest BCUT2D eigenvalue weighted by Crippen LogP contribution is -2.47. The van der Waals surface area contributed by atoms with E-state index in [1.54, 1.807) is 7.11 Å². The molecule has 0 bridgehead atoms. The van der Waals surface area contributed by atoms with Gasteiger partial charge in [-0.1, -0.05) is 11.6 Å². The number of benzene rings is 1. The number of ether oxygens (including phenoxy) is 1. The highest BCUT2D eigenvalue weighted by Crippen LogP contribution is 2.26. The molecule has 0 atom stereocenters. The van der Waals surface area contributed by atoms with Gasteiger partial charge in [0, 0.05) is 24.7 Å². The summed E-state index contributed by atoms with van der Waals surface area (Å²) in [5, 5.41) is 7.57.